The molecule has 0 aliphatic carbocycles. The highest BCUT2D eigenvalue weighted by Gasteiger charge is 2.30. The normalized spacial score (nSPS) is 22.7. The zero-order chi connectivity index (χ0) is 13.8. The minimum atomic E-state index is 0.299. The number of likely N-dealkylation sites (N-methyl/N-ethyl adjacent to an activating group) is 1. The van der Waals surface area contributed by atoms with E-state index in [1.807, 2.05) is 23.9 Å². The van der Waals surface area contributed by atoms with Crippen molar-refractivity contribution in [2.24, 2.45) is 11.7 Å². The van der Waals surface area contributed by atoms with Crippen LogP contribution in [0.3, 0.4) is 0 Å². The van der Waals surface area contributed by atoms with Gasteiger partial charge in [-0.3, -0.25) is 4.90 Å². The second-order valence-electron chi connectivity index (χ2n) is 5.29. The Bertz CT molecular complexity index is 407. The van der Waals surface area contributed by atoms with Crippen molar-refractivity contribution in [2.45, 2.75) is 25.4 Å². The molecule has 1 aromatic carbocycles. The molecular weight excluding hydrogens is 276 g/mol. The van der Waals surface area contributed by atoms with Gasteiger partial charge in [-0.15, -0.1) is 0 Å². The molecule has 0 aromatic heterocycles. The van der Waals surface area contributed by atoms with Crippen molar-refractivity contribution >= 4 is 23.4 Å². The standard InChI is InChI=1S/C15H23ClN2S/c1-11(13-5-3-4-6-14(13)16)18(2)15(9-17)12-7-8-19-10-12/h3-6,11-12,15H,7-10,17H2,1-2H3. The molecule has 4 heteroatoms. The second-order valence-corrected chi connectivity index (χ2v) is 6.85. The molecule has 0 saturated carbocycles. The van der Waals surface area contributed by atoms with Gasteiger partial charge in [0.2, 0.25) is 0 Å². The fourth-order valence-corrected chi connectivity index (χ4v) is 4.49. The van der Waals surface area contributed by atoms with Crippen molar-refractivity contribution in [2.75, 3.05) is 25.1 Å². The summed E-state index contributed by atoms with van der Waals surface area (Å²) in [5.41, 5.74) is 7.21. The van der Waals surface area contributed by atoms with Crippen LogP contribution >= 0.6 is 23.4 Å². The topological polar surface area (TPSA) is 29.3 Å². The number of halogens is 1. The fraction of sp³-hybridized carbons (Fsp3) is 0.600. The first-order valence-corrected chi connectivity index (χ1v) is 8.42. The van der Waals surface area contributed by atoms with E-state index < -0.39 is 0 Å². The quantitative estimate of drug-likeness (QED) is 0.903. The lowest BCUT2D eigenvalue weighted by Gasteiger charge is -2.36. The molecule has 106 valence electrons. The number of nitrogens with two attached hydrogens (primary N) is 1. The number of benzene rings is 1. The molecule has 1 heterocycles. The molecule has 1 aromatic rings. The van der Waals surface area contributed by atoms with Crippen molar-refractivity contribution in [1.82, 2.24) is 4.90 Å². The summed E-state index contributed by atoms with van der Waals surface area (Å²) in [6.45, 7) is 2.93. The summed E-state index contributed by atoms with van der Waals surface area (Å²) < 4.78 is 0. The summed E-state index contributed by atoms with van der Waals surface area (Å²) in [5, 5.41) is 0.846. The van der Waals surface area contributed by atoms with Crippen LogP contribution < -0.4 is 5.73 Å². The Morgan fingerprint density at radius 1 is 1.47 bits per heavy atom. The van der Waals surface area contributed by atoms with Crippen molar-refractivity contribution in [3.05, 3.63) is 34.9 Å². The zero-order valence-electron chi connectivity index (χ0n) is 11.7. The van der Waals surface area contributed by atoms with Crippen LogP contribution in [0.2, 0.25) is 5.02 Å². The highest BCUT2D eigenvalue weighted by Crippen LogP contribution is 2.33. The third kappa shape index (κ3) is 3.46. The van der Waals surface area contributed by atoms with E-state index in [4.69, 9.17) is 17.3 Å². The van der Waals surface area contributed by atoms with Crippen LogP contribution in [0.4, 0.5) is 0 Å². The summed E-state index contributed by atoms with van der Waals surface area (Å²) in [7, 11) is 2.18. The Hall–Kier alpha value is -0.220. The first-order chi connectivity index (χ1) is 9.15. The third-order valence-corrected chi connectivity index (χ3v) is 5.77. The average Bonchev–Trinajstić information content (AvgIpc) is 2.93. The molecule has 19 heavy (non-hydrogen) atoms. The van der Waals surface area contributed by atoms with Crippen LogP contribution in [0.25, 0.3) is 0 Å². The van der Waals surface area contributed by atoms with Crippen molar-refractivity contribution in [3.8, 4) is 0 Å². The van der Waals surface area contributed by atoms with E-state index in [-0.39, 0.29) is 0 Å². The Labute approximate surface area is 125 Å². The van der Waals surface area contributed by atoms with Crippen molar-refractivity contribution in [3.63, 3.8) is 0 Å². The highest BCUT2D eigenvalue weighted by atomic mass is 35.5. The zero-order valence-corrected chi connectivity index (χ0v) is 13.3. The fourth-order valence-electron chi connectivity index (χ4n) is 2.87. The molecule has 1 aliphatic heterocycles. The van der Waals surface area contributed by atoms with Crippen LogP contribution in [0.5, 0.6) is 0 Å². The molecular formula is C15H23ClN2S. The lowest BCUT2D eigenvalue weighted by atomic mass is 9.95. The van der Waals surface area contributed by atoms with Crippen LogP contribution in [0, 0.1) is 5.92 Å². The Kier molecular flexibility index (Phi) is 5.58. The van der Waals surface area contributed by atoms with Gasteiger partial charge in [-0.1, -0.05) is 29.8 Å². The Morgan fingerprint density at radius 3 is 2.79 bits per heavy atom. The number of thioether (sulfide) groups is 1. The second kappa shape index (κ2) is 6.98. The maximum absolute atomic E-state index is 6.31. The van der Waals surface area contributed by atoms with E-state index in [9.17, 15) is 0 Å². The van der Waals surface area contributed by atoms with Gasteiger partial charge < -0.3 is 5.73 Å². The molecule has 0 radical (unpaired) electrons. The average molecular weight is 299 g/mol. The lowest BCUT2D eigenvalue weighted by Crippen LogP contribution is -2.44. The Morgan fingerprint density at radius 2 is 2.21 bits per heavy atom. The first-order valence-electron chi connectivity index (χ1n) is 6.89. The summed E-state index contributed by atoms with van der Waals surface area (Å²) in [6.07, 6.45) is 1.28. The minimum absolute atomic E-state index is 0.299. The molecule has 2 N–H and O–H groups in total. The van der Waals surface area contributed by atoms with Gasteiger partial charge in [-0.05, 0) is 49.4 Å². The van der Waals surface area contributed by atoms with Gasteiger partial charge in [-0.2, -0.15) is 11.8 Å². The van der Waals surface area contributed by atoms with Gasteiger partial charge >= 0.3 is 0 Å². The highest BCUT2D eigenvalue weighted by molar-refractivity contribution is 7.99. The number of hydrogen-bond acceptors (Lipinski definition) is 3. The molecule has 3 atom stereocenters. The predicted molar refractivity (Wildman–Crippen MR) is 85.9 cm³/mol. The van der Waals surface area contributed by atoms with Gasteiger partial charge in [0.25, 0.3) is 0 Å². The van der Waals surface area contributed by atoms with E-state index in [2.05, 4.69) is 31.0 Å². The summed E-state index contributed by atoms with van der Waals surface area (Å²) in [4.78, 5) is 2.40. The van der Waals surface area contributed by atoms with Crippen molar-refractivity contribution in [1.29, 1.82) is 0 Å². The number of nitrogens with zero attached hydrogens (tertiary/aromatic N) is 1. The van der Waals surface area contributed by atoms with E-state index in [0.29, 0.717) is 18.0 Å². The summed E-state index contributed by atoms with van der Waals surface area (Å²) in [6, 6.07) is 8.85. The van der Waals surface area contributed by atoms with Gasteiger partial charge in [0.15, 0.2) is 0 Å². The predicted octanol–water partition coefficient (Wildman–Crippen LogP) is 3.41. The van der Waals surface area contributed by atoms with Gasteiger partial charge in [0, 0.05) is 23.7 Å². The van der Waals surface area contributed by atoms with E-state index in [1.54, 1.807) is 0 Å². The lowest BCUT2D eigenvalue weighted by molar-refractivity contribution is 0.145. The first kappa shape index (κ1) is 15.2. The van der Waals surface area contributed by atoms with Crippen LogP contribution in [0.15, 0.2) is 24.3 Å². The minimum Gasteiger partial charge on any atom is -0.329 e. The molecule has 0 amide bonds. The molecule has 2 rings (SSSR count). The van der Waals surface area contributed by atoms with Gasteiger partial charge in [-0.25, -0.2) is 0 Å². The Balaban J connectivity index is 2.12. The van der Waals surface area contributed by atoms with Crippen LogP contribution in [-0.2, 0) is 0 Å². The molecule has 0 bridgehead atoms. The molecule has 2 nitrogen and oxygen atoms in total. The molecule has 1 fully saturated rings. The maximum atomic E-state index is 6.31. The summed E-state index contributed by atoms with van der Waals surface area (Å²) >= 11 is 8.35. The number of hydrogen-bond donors (Lipinski definition) is 1. The maximum Gasteiger partial charge on any atom is 0.0453 e. The molecule has 1 saturated heterocycles. The van der Waals surface area contributed by atoms with Crippen molar-refractivity contribution < 1.29 is 0 Å². The molecule has 3 unspecified atom stereocenters. The largest absolute Gasteiger partial charge is 0.329 e. The molecule has 1 aliphatic rings. The molecule has 0 spiro atoms. The monoisotopic (exact) mass is 298 g/mol. The SMILES string of the molecule is CC(c1ccccc1Cl)N(C)C(CN)C1CCSC1. The van der Waals surface area contributed by atoms with Gasteiger partial charge in [0.05, 0.1) is 0 Å². The third-order valence-electron chi connectivity index (χ3n) is 4.24. The van der Waals surface area contributed by atoms with Crippen LogP contribution in [0.1, 0.15) is 24.9 Å². The van der Waals surface area contributed by atoms with E-state index >= 15 is 0 Å². The summed E-state index contributed by atoms with van der Waals surface area (Å²) in [5.74, 6) is 3.22. The number of rotatable bonds is 5. The van der Waals surface area contributed by atoms with E-state index in [0.717, 1.165) is 11.6 Å². The van der Waals surface area contributed by atoms with Gasteiger partial charge in [0.1, 0.15) is 0 Å². The van der Waals surface area contributed by atoms with E-state index in [1.165, 1.54) is 23.5 Å². The smallest absolute Gasteiger partial charge is 0.0453 e. The van der Waals surface area contributed by atoms with Crippen LogP contribution in [-0.4, -0.2) is 36.0 Å².